The van der Waals surface area contributed by atoms with Crippen LogP contribution in [0.15, 0.2) is 24.3 Å². The number of para-hydroxylation sites is 1. The maximum Gasteiger partial charge on any atom is 0.176 e. The first kappa shape index (κ1) is 15.1. The van der Waals surface area contributed by atoms with Crippen LogP contribution >= 0.6 is 11.8 Å². The Hall–Kier alpha value is -0.960. The lowest BCUT2D eigenvalue weighted by Gasteiger charge is -2.03. The minimum absolute atomic E-state index is 0.0201. The van der Waals surface area contributed by atoms with Gasteiger partial charge in [-0.1, -0.05) is 44.7 Å². The van der Waals surface area contributed by atoms with E-state index in [1.54, 1.807) is 36.0 Å². The fourth-order valence-corrected chi connectivity index (χ4v) is 2.65. The number of ketones is 1. The van der Waals surface area contributed by atoms with Crippen molar-refractivity contribution in [3.05, 3.63) is 29.8 Å². The number of phenolic OH excluding ortho intramolecular Hbond substituents is 1. The summed E-state index contributed by atoms with van der Waals surface area (Å²) in [6.45, 7) is 2.21. The number of unbranched alkanes of at least 4 members (excludes halogenated alkanes) is 4. The third-order valence-electron chi connectivity index (χ3n) is 2.83. The molecule has 0 aliphatic rings. The molecule has 0 aliphatic heterocycles. The number of benzene rings is 1. The van der Waals surface area contributed by atoms with Crippen LogP contribution in [0, 0.1) is 0 Å². The van der Waals surface area contributed by atoms with E-state index < -0.39 is 0 Å². The summed E-state index contributed by atoms with van der Waals surface area (Å²) in [5.74, 6) is 1.60. The molecule has 0 bridgehead atoms. The van der Waals surface area contributed by atoms with Crippen LogP contribution in [0.2, 0.25) is 0 Å². The molecule has 0 aromatic heterocycles. The van der Waals surface area contributed by atoms with E-state index in [0.717, 1.165) is 5.75 Å². The van der Waals surface area contributed by atoms with E-state index in [1.165, 1.54) is 32.1 Å². The summed E-state index contributed by atoms with van der Waals surface area (Å²) in [4.78, 5) is 11.8. The summed E-state index contributed by atoms with van der Waals surface area (Å²) in [6, 6.07) is 6.75. The second kappa shape index (κ2) is 9.03. The van der Waals surface area contributed by atoms with Crippen molar-refractivity contribution in [2.45, 2.75) is 39.0 Å². The van der Waals surface area contributed by atoms with E-state index >= 15 is 0 Å². The van der Waals surface area contributed by atoms with E-state index in [2.05, 4.69) is 6.92 Å². The zero-order valence-corrected chi connectivity index (χ0v) is 11.8. The Morgan fingerprint density at radius 2 is 1.89 bits per heavy atom. The van der Waals surface area contributed by atoms with Crippen molar-refractivity contribution in [3.8, 4) is 5.75 Å². The predicted molar refractivity (Wildman–Crippen MR) is 78.5 cm³/mol. The first-order chi connectivity index (χ1) is 8.75. The van der Waals surface area contributed by atoms with Gasteiger partial charge in [-0.3, -0.25) is 4.79 Å². The molecular formula is C15H22O2S. The van der Waals surface area contributed by atoms with Gasteiger partial charge in [0, 0.05) is 0 Å². The molecule has 0 unspecified atom stereocenters. The standard InChI is InChI=1S/C15H22O2S/c1-2-3-4-5-8-11-18-12-15(17)13-9-6-7-10-14(13)16/h6-7,9-10,16H,2-5,8,11-12H2,1H3. The first-order valence-corrected chi connectivity index (χ1v) is 7.80. The molecule has 0 heterocycles. The van der Waals surface area contributed by atoms with E-state index in [0.29, 0.717) is 11.3 Å². The van der Waals surface area contributed by atoms with E-state index in [9.17, 15) is 9.90 Å². The molecule has 1 rings (SSSR count). The largest absolute Gasteiger partial charge is 0.507 e. The fraction of sp³-hybridized carbons (Fsp3) is 0.533. The molecule has 0 spiro atoms. The third-order valence-corrected chi connectivity index (χ3v) is 3.87. The number of hydrogen-bond donors (Lipinski definition) is 1. The number of rotatable bonds is 9. The van der Waals surface area contributed by atoms with Crippen LogP contribution in [0.1, 0.15) is 49.4 Å². The number of Topliss-reactive ketones (excluding diaryl/α,β-unsaturated/α-hetero) is 1. The van der Waals surface area contributed by atoms with Crippen LogP contribution in [-0.4, -0.2) is 22.4 Å². The molecule has 3 heteroatoms. The number of carbonyl (C=O) groups is 1. The van der Waals surface area contributed by atoms with Crippen molar-refractivity contribution in [2.24, 2.45) is 0 Å². The molecule has 0 radical (unpaired) electrons. The van der Waals surface area contributed by atoms with E-state index in [-0.39, 0.29) is 11.5 Å². The van der Waals surface area contributed by atoms with Gasteiger partial charge in [0.2, 0.25) is 0 Å². The predicted octanol–water partition coefficient (Wildman–Crippen LogP) is 4.28. The van der Waals surface area contributed by atoms with Gasteiger partial charge in [0.05, 0.1) is 11.3 Å². The average molecular weight is 266 g/mol. The van der Waals surface area contributed by atoms with Gasteiger partial charge >= 0.3 is 0 Å². The molecule has 2 nitrogen and oxygen atoms in total. The molecular weight excluding hydrogens is 244 g/mol. The number of phenols is 1. The lowest BCUT2D eigenvalue weighted by molar-refractivity contribution is 0.102. The Bertz CT molecular complexity index is 363. The maximum atomic E-state index is 11.8. The number of hydrogen-bond acceptors (Lipinski definition) is 3. The zero-order chi connectivity index (χ0) is 13.2. The summed E-state index contributed by atoms with van der Waals surface area (Å²) in [5, 5.41) is 9.55. The molecule has 0 saturated heterocycles. The molecule has 1 N–H and O–H groups in total. The zero-order valence-electron chi connectivity index (χ0n) is 11.0. The summed E-state index contributed by atoms with van der Waals surface area (Å²) in [7, 11) is 0. The Balaban J connectivity index is 2.16. The first-order valence-electron chi connectivity index (χ1n) is 6.64. The van der Waals surface area contributed by atoms with E-state index in [4.69, 9.17) is 0 Å². The van der Waals surface area contributed by atoms with Crippen molar-refractivity contribution >= 4 is 17.5 Å². The highest BCUT2D eigenvalue weighted by molar-refractivity contribution is 7.99. The van der Waals surface area contributed by atoms with Gasteiger partial charge in [0.25, 0.3) is 0 Å². The average Bonchev–Trinajstić information content (AvgIpc) is 2.38. The number of carbonyl (C=O) groups excluding carboxylic acids is 1. The monoisotopic (exact) mass is 266 g/mol. The van der Waals surface area contributed by atoms with E-state index in [1.807, 2.05) is 0 Å². The smallest absolute Gasteiger partial charge is 0.176 e. The second-order valence-corrected chi connectivity index (χ2v) is 5.51. The molecule has 18 heavy (non-hydrogen) atoms. The van der Waals surface area contributed by atoms with Crippen molar-refractivity contribution in [2.75, 3.05) is 11.5 Å². The maximum absolute atomic E-state index is 11.8. The molecule has 0 aliphatic carbocycles. The highest BCUT2D eigenvalue weighted by Crippen LogP contribution is 2.18. The Morgan fingerprint density at radius 1 is 1.17 bits per heavy atom. The van der Waals surface area contributed by atoms with Crippen molar-refractivity contribution < 1.29 is 9.90 Å². The second-order valence-electron chi connectivity index (χ2n) is 4.41. The van der Waals surface area contributed by atoms with Gasteiger partial charge in [-0.05, 0) is 24.3 Å². The minimum atomic E-state index is 0.0201. The molecule has 1 aromatic rings. The van der Waals surface area contributed by atoms with Crippen LogP contribution in [0.3, 0.4) is 0 Å². The van der Waals surface area contributed by atoms with Crippen LogP contribution in [-0.2, 0) is 0 Å². The molecule has 0 atom stereocenters. The topological polar surface area (TPSA) is 37.3 Å². The molecule has 0 amide bonds. The minimum Gasteiger partial charge on any atom is -0.507 e. The summed E-state index contributed by atoms with van der Waals surface area (Å²) in [6.07, 6.45) is 6.30. The fourth-order valence-electron chi connectivity index (χ4n) is 1.76. The van der Waals surface area contributed by atoms with Crippen molar-refractivity contribution in [3.63, 3.8) is 0 Å². The van der Waals surface area contributed by atoms with Crippen LogP contribution in [0.5, 0.6) is 5.75 Å². The lowest BCUT2D eigenvalue weighted by atomic mass is 10.1. The molecule has 0 fully saturated rings. The summed E-state index contributed by atoms with van der Waals surface area (Å²) in [5.41, 5.74) is 0.441. The number of aromatic hydroxyl groups is 1. The Kier molecular flexibility index (Phi) is 7.58. The summed E-state index contributed by atoms with van der Waals surface area (Å²) < 4.78 is 0. The van der Waals surface area contributed by atoms with Gasteiger partial charge in [0.1, 0.15) is 5.75 Å². The summed E-state index contributed by atoms with van der Waals surface area (Å²) >= 11 is 1.66. The van der Waals surface area contributed by atoms with Crippen LogP contribution in [0.25, 0.3) is 0 Å². The number of thioether (sulfide) groups is 1. The molecule has 1 aromatic carbocycles. The van der Waals surface area contributed by atoms with Crippen LogP contribution < -0.4 is 0 Å². The van der Waals surface area contributed by atoms with Gasteiger partial charge in [-0.25, -0.2) is 0 Å². The SMILES string of the molecule is CCCCCCCSCC(=O)c1ccccc1O. The molecule has 100 valence electrons. The Morgan fingerprint density at radius 3 is 2.61 bits per heavy atom. The quantitative estimate of drug-likeness (QED) is 0.535. The van der Waals surface area contributed by atoms with Gasteiger partial charge < -0.3 is 5.11 Å². The molecule has 0 saturated carbocycles. The lowest BCUT2D eigenvalue weighted by Crippen LogP contribution is -2.03. The highest BCUT2D eigenvalue weighted by atomic mass is 32.2. The van der Waals surface area contributed by atoms with Gasteiger partial charge in [0.15, 0.2) is 5.78 Å². The highest BCUT2D eigenvalue weighted by Gasteiger charge is 2.09. The normalized spacial score (nSPS) is 10.5. The Labute approximate surface area is 114 Å². The van der Waals surface area contributed by atoms with Crippen LogP contribution in [0.4, 0.5) is 0 Å². The van der Waals surface area contributed by atoms with Crippen molar-refractivity contribution in [1.29, 1.82) is 0 Å². The van der Waals surface area contributed by atoms with Gasteiger partial charge in [-0.2, -0.15) is 11.8 Å². The van der Waals surface area contributed by atoms with Gasteiger partial charge in [-0.15, -0.1) is 0 Å². The van der Waals surface area contributed by atoms with Crippen molar-refractivity contribution in [1.82, 2.24) is 0 Å². The third kappa shape index (κ3) is 5.58.